The Morgan fingerprint density at radius 1 is 1.07 bits per heavy atom. The third kappa shape index (κ3) is 3.14. The molecule has 4 N–H and O–H groups in total. The van der Waals surface area contributed by atoms with Crippen molar-refractivity contribution in [3.05, 3.63) is 52.1 Å². The van der Waals surface area contributed by atoms with E-state index < -0.39 is 26.7 Å². The largest absolute Gasteiger partial charge is 0.508 e. The van der Waals surface area contributed by atoms with Crippen LogP contribution in [0.2, 0.25) is 0 Å². The molecule has 0 saturated carbocycles. The summed E-state index contributed by atoms with van der Waals surface area (Å²) in [6, 6.07) is 1.90. The van der Waals surface area contributed by atoms with Crippen LogP contribution in [0.15, 0.2) is 27.5 Å². The Kier molecular flexibility index (Phi) is 4.59. The van der Waals surface area contributed by atoms with Gasteiger partial charge in [-0.25, -0.2) is 22.9 Å². The number of amides is 2. The van der Waals surface area contributed by atoms with E-state index in [1.165, 1.54) is 0 Å². The highest BCUT2D eigenvalue weighted by molar-refractivity contribution is 7.91. The van der Waals surface area contributed by atoms with Gasteiger partial charge in [0.2, 0.25) is 0 Å². The van der Waals surface area contributed by atoms with Crippen molar-refractivity contribution in [1.82, 2.24) is 0 Å². The van der Waals surface area contributed by atoms with Crippen LogP contribution in [0.3, 0.4) is 0 Å². The van der Waals surface area contributed by atoms with Gasteiger partial charge in [0.1, 0.15) is 27.3 Å². The molecule has 0 radical (unpaired) electrons. The van der Waals surface area contributed by atoms with Gasteiger partial charge < -0.3 is 10.4 Å². The number of nitrogens with two attached hydrogens (primary N) is 1. The molecule has 0 aromatic heterocycles. The smallest absolute Gasteiger partial charge is 0.354 e. The SMILES string of the molecule is NS(=O)(=NC(=O)Nc1c2c(c(F)c3c1CCC3)CCC2)c1ccc(O)cc1F. The summed E-state index contributed by atoms with van der Waals surface area (Å²) < 4.78 is 44.8. The van der Waals surface area contributed by atoms with Gasteiger partial charge in [-0.1, -0.05) is 0 Å². The number of rotatable bonds is 2. The number of hydrogen-bond acceptors (Lipinski definition) is 3. The topological polar surface area (TPSA) is 105 Å². The molecular formula is C19H19F2N3O3S. The van der Waals surface area contributed by atoms with Crippen LogP contribution in [0.5, 0.6) is 5.75 Å². The van der Waals surface area contributed by atoms with Gasteiger partial charge in [0.05, 0.1) is 4.90 Å². The van der Waals surface area contributed by atoms with Gasteiger partial charge in [-0.05, 0) is 72.9 Å². The van der Waals surface area contributed by atoms with Gasteiger partial charge in [0.15, 0.2) is 0 Å². The molecule has 2 aromatic carbocycles. The first-order valence-electron chi connectivity index (χ1n) is 8.97. The summed E-state index contributed by atoms with van der Waals surface area (Å²) in [5.74, 6) is -1.56. The molecule has 0 bridgehead atoms. The summed E-state index contributed by atoms with van der Waals surface area (Å²) in [6.45, 7) is 0. The predicted molar refractivity (Wildman–Crippen MR) is 101 cm³/mol. The van der Waals surface area contributed by atoms with E-state index in [1.807, 2.05) is 0 Å². The van der Waals surface area contributed by atoms with Crippen molar-refractivity contribution in [2.45, 2.75) is 43.4 Å². The van der Waals surface area contributed by atoms with Crippen LogP contribution < -0.4 is 10.5 Å². The molecular weight excluding hydrogens is 388 g/mol. The van der Waals surface area contributed by atoms with E-state index in [0.717, 1.165) is 42.2 Å². The van der Waals surface area contributed by atoms with Crippen LogP contribution in [0.4, 0.5) is 19.3 Å². The van der Waals surface area contributed by atoms with Crippen LogP contribution in [0.1, 0.15) is 35.1 Å². The number of hydrogen-bond donors (Lipinski definition) is 3. The quantitative estimate of drug-likeness (QED) is 0.709. The average molecular weight is 407 g/mol. The van der Waals surface area contributed by atoms with Crippen molar-refractivity contribution in [3.8, 4) is 5.75 Å². The number of phenolic OH excluding ortho intramolecular Hbond substituents is 1. The van der Waals surface area contributed by atoms with Crippen molar-refractivity contribution >= 4 is 21.6 Å². The standard InChI is InChI=1S/C19H19F2N3O3S/c20-15-9-10(25)7-8-16(15)28(22,27)24-19(26)23-18-13-5-1-3-11(13)17(21)12-4-2-6-14(12)18/h7-9,25H,1-6H2,(H3,22,23,24,26,27). The van der Waals surface area contributed by atoms with Crippen molar-refractivity contribution in [2.75, 3.05) is 5.32 Å². The molecule has 2 aromatic rings. The van der Waals surface area contributed by atoms with E-state index in [4.69, 9.17) is 5.14 Å². The Morgan fingerprint density at radius 2 is 1.64 bits per heavy atom. The number of nitrogens with zero attached hydrogens (tertiary/aromatic N) is 1. The van der Waals surface area contributed by atoms with E-state index in [0.29, 0.717) is 42.5 Å². The fourth-order valence-electron chi connectivity index (χ4n) is 4.07. The molecule has 0 saturated heterocycles. The molecule has 0 spiro atoms. The maximum absolute atomic E-state index is 14.7. The summed E-state index contributed by atoms with van der Waals surface area (Å²) >= 11 is 0. The molecule has 0 heterocycles. The molecule has 6 nitrogen and oxygen atoms in total. The number of benzene rings is 2. The third-order valence-corrected chi connectivity index (χ3v) is 6.65. The number of aromatic hydroxyl groups is 1. The highest BCUT2D eigenvalue weighted by atomic mass is 32.2. The summed E-state index contributed by atoms with van der Waals surface area (Å²) in [6.07, 6.45) is 4.09. The maximum Gasteiger partial charge on any atom is 0.354 e. The minimum absolute atomic E-state index is 0.177. The lowest BCUT2D eigenvalue weighted by Gasteiger charge is -2.16. The van der Waals surface area contributed by atoms with Crippen LogP contribution in [-0.2, 0) is 35.6 Å². The number of anilines is 1. The van der Waals surface area contributed by atoms with Gasteiger partial charge in [-0.3, -0.25) is 0 Å². The first-order valence-corrected chi connectivity index (χ1v) is 10.5. The van der Waals surface area contributed by atoms with Crippen LogP contribution in [0, 0.1) is 11.6 Å². The highest BCUT2D eigenvalue weighted by Gasteiger charge is 2.30. The van der Waals surface area contributed by atoms with Crippen molar-refractivity contribution in [3.63, 3.8) is 0 Å². The van der Waals surface area contributed by atoms with Gasteiger partial charge >= 0.3 is 6.03 Å². The Morgan fingerprint density at radius 3 is 2.21 bits per heavy atom. The lowest BCUT2D eigenvalue weighted by molar-refractivity contribution is 0.260. The Labute approximate surface area is 161 Å². The lowest BCUT2D eigenvalue weighted by atomic mass is 9.98. The number of phenols is 1. The first-order chi connectivity index (χ1) is 13.3. The van der Waals surface area contributed by atoms with Crippen LogP contribution in [0.25, 0.3) is 0 Å². The molecule has 1 atom stereocenters. The number of nitrogens with one attached hydrogen (secondary N) is 1. The van der Waals surface area contributed by atoms with Gasteiger partial charge in [0.25, 0.3) is 0 Å². The summed E-state index contributed by atoms with van der Waals surface area (Å²) in [7, 11) is -3.86. The second-order valence-electron chi connectivity index (χ2n) is 7.02. The molecule has 148 valence electrons. The van der Waals surface area contributed by atoms with Gasteiger partial charge in [0, 0.05) is 11.8 Å². The van der Waals surface area contributed by atoms with Gasteiger partial charge in [-0.2, -0.15) is 0 Å². The number of carbonyl (C=O) groups is 1. The minimum atomic E-state index is -3.86. The lowest BCUT2D eigenvalue weighted by Crippen LogP contribution is -2.20. The highest BCUT2D eigenvalue weighted by Crippen LogP contribution is 2.41. The molecule has 2 aliphatic carbocycles. The summed E-state index contributed by atoms with van der Waals surface area (Å²) in [4.78, 5) is 12.0. The number of halogens is 2. The molecule has 2 amide bonds. The zero-order valence-corrected chi connectivity index (χ0v) is 15.7. The molecule has 2 aliphatic rings. The fraction of sp³-hybridized carbons (Fsp3) is 0.316. The first kappa shape index (κ1) is 18.8. The second-order valence-corrected chi connectivity index (χ2v) is 8.77. The molecule has 4 rings (SSSR count). The zero-order valence-electron chi connectivity index (χ0n) is 14.9. The molecule has 0 fully saturated rings. The predicted octanol–water partition coefficient (Wildman–Crippen LogP) is 3.58. The number of fused-ring (bicyclic) bond motifs is 2. The Balaban J connectivity index is 1.72. The number of urea groups is 1. The van der Waals surface area contributed by atoms with Crippen LogP contribution >= 0.6 is 0 Å². The van der Waals surface area contributed by atoms with Crippen molar-refractivity contribution in [1.29, 1.82) is 0 Å². The maximum atomic E-state index is 14.7. The Bertz CT molecular complexity index is 1090. The molecule has 0 aliphatic heterocycles. The zero-order chi connectivity index (χ0) is 20.1. The second kappa shape index (κ2) is 6.82. The van der Waals surface area contributed by atoms with Gasteiger partial charge in [-0.15, -0.1) is 4.36 Å². The summed E-state index contributed by atoms with van der Waals surface area (Å²) in [5, 5.41) is 17.5. The molecule has 28 heavy (non-hydrogen) atoms. The van der Waals surface area contributed by atoms with E-state index in [9.17, 15) is 22.9 Å². The van der Waals surface area contributed by atoms with E-state index >= 15 is 0 Å². The fourth-order valence-corrected chi connectivity index (χ4v) is 5.06. The minimum Gasteiger partial charge on any atom is -0.508 e. The van der Waals surface area contributed by atoms with Crippen molar-refractivity contribution < 1.29 is 22.9 Å². The average Bonchev–Trinajstić information content (AvgIpc) is 3.27. The molecule has 1 unspecified atom stereocenters. The normalized spacial score (nSPS) is 17.0. The van der Waals surface area contributed by atoms with E-state index in [1.54, 1.807) is 0 Å². The monoisotopic (exact) mass is 407 g/mol. The third-order valence-electron chi connectivity index (χ3n) is 5.25. The van der Waals surface area contributed by atoms with Crippen molar-refractivity contribution in [2.24, 2.45) is 9.50 Å². The number of carbonyl (C=O) groups excluding carboxylic acids is 1. The van der Waals surface area contributed by atoms with E-state index in [-0.39, 0.29) is 11.6 Å². The van der Waals surface area contributed by atoms with Crippen LogP contribution in [-0.4, -0.2) is 15.3 Å². The molecule has 9 heteroatoms. The Hall–Kier alpha value is -2.52. The van der Waals surface area contributed by atoms with E-state index in [2.05, 4.69) is 9.68 Å². The summed E-state index contributed by atoms with van der Waals surface area (Å²) in [5.41, 5.74) is 3.27.